The third-order valence-electron chi connectivity index (χ3n) is 2.35. The van der Waals surface area contributed by atoms with Crippen molar-refractivity contribution in [1.29, 1.82) is 0 Å². The van der Waals surface area contributed by atoms with Gasteiger partial charge in [0.15, 0.2) is 0 Å². The zero-order valence-electron chi connectivity index (χ0n) is 10.7. The van der Waals surface area contributed by atoms with Crippen molar-refractivity contribution in [2.75, 3.05) is 34.0 Å². The second kappa shape index (κ2) is 7.92. The SMILES string of the molecule is CCNC(COC)COc1cccc(OC)c1. The molecule has 0 heterocycles. The first-order chi connectivity index (χ1) is 8.30. The Bertz CT molecular complexity index is 311. The van der Waals surface area contributed by atoms with E-state index in [1.165, 1.54) is 0 Å². The predicted molar refractivity (Wildman–Crippen MR) is 67.8 cm³/mol. The molecule has 0 aliphatic heterocycles. The molecule has 0 aliphatic carbocycles. The topological polar surface area (TPSA) is 39.7 Å². The molecule has 0 aromatic heterocycles. The summed E-state index contributed by atoms with van der Waals surface area (Å²) in [6.45, 7) is 4.18. The van der Waals surface area contributed by atoms with Crippen LogP contribution in [0.25, 0.3) is 0 Å². The molecule has 96 valence electrons. The van der Waals surface area contributed by atoms with Crippen LogP contribution in [0.5, 0.6) is 11.5 Å². The van der Waals surface area contributed by atoms with Crippen LogP contribution < -0.4 is 14.8 Å². The first-order valence-electron chi connectivity index (χ1n) is 5.79. The van der Waals surface area contributed by atoms with Crippen molar-refractivity contribution in [2.45, 2.75) is 13.0 Å². The average molecular weight is 239 g/mol. The van der Waals surface area contributed by atoms with E-state index in [4.69, 9.17) is 14.2 Å². The maximum Gasteiger partial charge on any atom is 0.123 e. The van der Waals surface area contributed by atoms with E-state index in [-0.39, 0.29) is 6.04 Å². The average Bonchev–Trinajstić information content (AvgIpc) is 2.37. The first kappa shape index (κ1) is 13.8. The highest BCUT2D eigenvalue weighted by Crippen LogP contribution is 2.18. The molecule has 0 aliphatic rings. The quantitative estimate of drug-likeness (QED) is 0.749. The highest BCUT2D eigenvalue weighted by atomic mass is 16.5. The molecule has 17 heavy (non-hydrogen) atoms. The van der Waals surface area contributed by atoms with Gasteiger partial charge in [0.05, 0.1) is 19.8 Å². The van der Waals surface area contributed by atoms with Gasteiger partial charge in [-0.25, -0.2) is 0 Å². The monoisotopic (exact) mass is 239 g/mol. The Labute approximate surface area is 103 Å². The van der Waals surface area contributed by atoms with Crippen LogP contribution in [-0.4, -0.2) is 40.0 Å². The summed E-state index contributed by atoms with van der Waals surface area (Å²) >= 11 is 0. The molecule has 0 saturated heterocycles. The van der Waals surface area contributed by atoms with Gasteiger partial charge in [0.2, 0.25) is 0 Å². The van der Waals surface area contributed by atoms with Crippen LogP contribution in [0.2, 0.25) is 0 Å². The number of hydrogen-bond acceptors (Lipinski definition) is 4. The number of hydrogen-bond donors (Lipinski definition) is 1. The summed E-state index contributed by atoms with van der Waals surface area (Å²) in [7, 11) is 3.33. The Kier molecular flexibility index (Phi) is 6.43. The maximum atomic E-state index is 5.69. The van der Waals surface area contributed by atoms with Crippen molar-refractivity contribution in [3.63, 3.8) is 0 Å². The Balaban J connectivity index is 2.46. The smallest absolute Gasteiger partial charge is 0.123 e. The van der Waals surface area contributed by atoms with Gasteiger partial charge >= 0.3 is 0 Å². The van der Waals surface area contributed by atoms with E-state index in [2.05, 4.69) is 12.2 Å². The minimum Gasteiger partial charge on any atom is -0.497 e. The van der Waals surface area contributed by atoms with Crippen LogP contribution in [-0.2, 0) is 4.74 Å². The summed E-state index contributed by atoms with van der Waals surface area (Å²) in [5, 5.41) is 3.30. The molecule has 1 aromatic rings. The first-order valence-corrected chi connectivity index (χ1v) is 5.79. The third-order valence-corrected chi connectivity index (χ3v) is 2.35. The zero-order chi connectivity index (χ0) is 12.5. The Hall–Kier alpha value is -1.26. The van der Waals surface area contributed by atoms with Gasteiger partial charge in [0, 0.05) is 13.2 Å². The van der Waals surface area contributed by atoms with Crippen LogP contribution >= 0.6 is 0 Å². The summed E-state index contributed by atoms with van der Waals surface area (Å²) in [6.07, 6.45) is 0. The van der Waals surface area contributed by atoms with Crippen LogP contribution in [0, 0.1) is 0 Å². The van der Waals surface area contributed by atoms with E-state index >= 15 is 0 Å². The van der Waals surface area contributed by atoms with E-state index in [0.29, 0.717) is 13.2 Å². The molecular formula is C13H21NO3. The third kappa shape index (κ3) is 5.06. The highest BCUT2D eigenvalue weighted by Gasteiger charge is 2.07. The molecule has 1 aromatic carbocycles. The summed E-state index contributed by atoms with van der Waals surface area (Å²) in [6, 6.07) is 7.79. The molecule has 1 rings (SSSR count). The van der Waals surface area contributed by atoms with E-state index in [1.807, 2.05) is 24.3 Å². The van der Waals surface area contributed by atoms with Gasteiger partial charge in [-0.1, -0.05) is 13.0 Å². The van der Waals surface area contributed by atoms with E-state index < -0.39 is 0 Å². The lowest BCUT2D eigenvalue weighted by atomic mass is 10.3. The summed E-state index contributed by atoms with van der Waals surface area (Å²) in [4.78, 5) is 0. The highest BCUT2D eigenvalue weighted by molar-refractivity contribution is 5.32. The van der Waals surface area contributed by atoms with Gasteiger partial charge in [-0.15, -0.1) is 0 Å². The molecule has 0 radical (unpaired) electrons. The number of benzene rings is 1. The molecule has 4 nitrogen and oxygen atoms in total. The summed E-state index contributed by atoms with van der Waals surface area (Å²) in [5.41, 5.74) is 0. The molecule has 4 heteroatoms. The summed E-state index contributed by atoms with van der Waals surface area (Å²) < 4.78 is 16.0. The molecule has 0 saturated carbocycles. The number of methoxy groups -OCH3 is 2. The fourth-order valence-corrected chi connectivity index (χ4v) is 1.54. The van der Waals surface area contributed by atoms with Gasteiger partial charge in [-0.2, -0.15) is 0 Å². The molecule has 0 bridgehead atoms. The molecule has 1 N–H and O–H groups in total. The normalized spacial score (nSPS) is 12.2. The minimum atomic E-state index is 0.205. The molecule has 1 unspecified atom stereocenters. The second-order valence-electron chi connectivity index (χ2n) is 3.70. The van der Waals surface area contributed by atoms with Gasteiger partial charge in [-0.3, -0.25) is 0 Å². The lowest BCUT2D eigenvalue weighted by Crippen LogP contribution is -2.38. The molecular weight excluding hydrogens is 218 g/mol. The van der Waals surface area contributed by atoms with Crippen molar-refractivity contribution in [1.82, 2.24) is 5.32 Å². The van der Waals surface area contributed by atoms with Gasteiger partial charge in [0.1, 0.15) is 18.1 Å². The van der Waals surface area contributed by atoms with Crippen LogP contribution in [0.1, 0.15) is 6.92 Å². The lowest BCUT2D eigenvalue weighted by molar-refractivity contribution is 0.137. The Morgan fingerprint density at radius 2 is 1.94 bits per heavy atom. The van der Waals surface area contributed by atoms with Crippen molar-refractivity contribution >= 4 is 0 Å². The van der Waals surface area contributed by atoms with Gasteiger partial charge < -0.3 is 19.5 Å². The Morgan fingerprint density at radius 1 is 1.18 bits per heavy atom. The van der Waals surface area contributed by atoms with Gasteiger partial charge in [-0.05, 0) is 18.7 Å². The fraction of sp³-hybridized carbons (Fsp3) is 0.538. The molecule has 1 atom stereocenters. The van der Waals surface area contributed by atoms with E-state index in [0.717, 1.165) is 18.0 Å². The molecule has 0 fully saturated rings. The summed E-state index contributed by atoms with van der Waals surface area (Å²) in [5.74, 6) is 1.61. The number of nitrogens with one attached hydrogen (secondary N) is 1. The van der Waals surface area contributed by atoms with Crippen molar-refractivity contribution in [3.05, 3.63) is 24.3 Å². The largest absolute Gasteiger partial charge is 0.497 e. The second-order valence-corrected chi connectivity index (χ2v) is 3.70. The number of ether oxygens (including phenoxy) is 3. The van der Waals surface area contributed by atoms with E-state index in [9.17, 15) is 0 Å². The predicted octanol–water partition coefficient (Wildman–Crippen LogP) is 1.70. The van der Waals surface area contributed by atoms with E-state index in [1.54, 1.807) is 14.2 Å². The van der Waals surface area contributed by atoms with Crippen molar-refractivity contribution in [3.8, 4) is 11.5 Å². The van der Waals surface area contributed by atoms with Crippen LogP contribution in [0.3, 0.4) is 0 Å². The lowest BCUT2D eigenvalue weighted by Gasteiger charge is -2.17. The van der Waals surface area contributed by atoms with Crippen molar-refractivity contribution < 1.29 is 14.2 Å². The van der Waals surface area contributed by atoms with Crippen LogP contribution in [0.15, 0.2) is 24.3 Å². The minimum absolute atomic E-state index is 0.205. The molecule has 0 spiro atoms. The van der Waals surface area contributed by atoms with Gasteiger partial charge in [0.25, 0.3) is 0 Å². The standard InChI is InChI=1S/C13H21NO3/c1-4-14-11(9-15-2)10-17-13-7-5-6-12(8-13)16-3/h5-8,11,14H,4,9-10H2,1-3H3. The van der Waals surface area contributed by atoms with Crippen molar-refractivity contribution in [2.24, 2.45) is 0 Å². The Morgan fingerprint density at radius 3 is 2.59 bits per heavy atom. The molecule has 0 amide bonds. The number of rotatable bonds is 8. The zero-order valence-corrected chi connectivity index (χ0v) is 10.7. The number of likely N-dealkylation sites (N-methyl/N-ethyl adjacent to an activating group) is 1. The fourth-order valence-electron chi connectivity index (χ4n) is 1.54. The van der Waals surface area contributed by atoms with Crippen LogP contribution in [0.4, 0.5) is 0 Å². The maximum absolute atomic E-state index is 5.69.